The number of carboxylic acid groups (broad SMARTS) is 3. The van der Waals surface area contributed by atoms with E-state index in [0.717, 1.165) is 38.5 Å². The quantitative estimate of drug-likeness (QED) is 0.0197. The van der Waals surface area contributed by atoms with Crippen LogP contribution in [0.5, 0.6) is 0 Å². The van der Waals surface area contributed by atoms with Crippen molar-refractivity contribution in [1.82, 2.24) is 0 Å². The second kappa shape index (κ2) is 63.5. The van der Waals surface area contributed by atoms with Gasteiger partial charge >= 0.3 is 17.9 Å². The number of aliphatic hydroxyl groups is 3. The Hall–Kier alpha value is -2.49. The van der Waals surface area contributed by atoms with Crippen LogP contribution in [0.3, 0.4) is 0 Å². The molecule has 0 aromatic heterocycles. The maximum absolute atomic E-state index is 10.3. The number of hydrogen-bond acceptors (Lipinski definition) is 6. The molecule has 0 amide bonds. The van der Waals surface area contributed by atoms with E-state index >= 15 is 0 Å². The lowest BCUT2D eigenvalue weighted by atomic mass is 10.1. The number of allylic oxidation sites excluding steroid dienone is 6. The second-order valence-electron chi connectivity index (χ2n) is 18.7. The van der Waals surface area contributed by atoms with Gasteiger partial charge in [0.15, 0.2) is 0 Å². The Morgan fingerprint density at radius 1 is 0.284 bits per heavy atom. The van der Waals surface area contributed by atoms with Crippen LogP contribution in [0.4, 0.5) is 0 Å². The largest absolute Gasteiger partial charge is 0.481 e. The third-order valence-corrected chi connectivity index (χ3v) is 11.5. The fourth-order valence-electron chi connectivity index (χ4n) is 7.38. The summed E-state index contributed by atoms with van der Waals surface area (Å²) in [6.07, 6.45) is 64.3. The van der Waals surface area contributed by atoms with Crippen LogP contribution in [0.2, 0.25) is 0 Å². The molecule has 0 aliphatic heterocycles. The molecule has 0 heterocycles. The van der Waals surface area contributed by atoms with E-state index in [-0.39, 0.29) is 6.42 Å². The van der Waals surface area contributed by atoms with Gasteiger partial charge in [0.2, 0.25) is 0 Å². The van der Waals surface area contributed by atoms with Crippen LogP contribution in [-0.2, 0) is 14.4 Å². The highest BCUT2D eigenvalue weighted by atomic mass is 16.7. The number of rotatable bonds is 47. The molecule has 6 N–H and O–H groups in total. The number of hydrogen-bond donors (Lipinski definition) is 6. The molecule has 0 aliphatic carbocycles. The number of carbonyl (C=O) groups is 3. The number of carboxylic acids is 3. The van der Waals surface area contributed by atoms with Crippen LogP contribution in [0.1, 0.15) is 310 Å². The molecule has 0 rings (SSSR count). The molecule has 0 saturated heterocycles. The molecule has 9 nitrogen and oxygen atoms in total. The fraction of sp³-hybridized carbons (Fsp3) is 0.845. The Kier molecular flexibility index (Phi) is 67.4. The summed E-state index contributed by atoms with van der Waals surface area (Å²) in [5, 5.41) is 49.9. The van der Waals surface area contributed by atoms with E-state index in [4.69, 9.17) is 30.6 Å². The zero-order valence-electron chi connectivity index (χ0n) is 44.5. The summed E-state index contributed by atoms with van der Waals surface area (Å²) in [6.45, 7) is 8.52. The maximum Gasteiger partial charge on any atom is 0.303 e. The summed E-state index contributed by atoms with van der Waals surface area (Å²) < 4.78 is 0. The molecule has 398 valence electrons. The third-order valence-electron chi connectivity index (χ3n) is 11.5. The predicted molar refractivity (Wildman–Crippen MR) is 286 cm³/mol. The molecule has 0 spiro atoms. The fourth-order valence-corrected chi connectivity index (χ4v) is 7.38. The van der Waals surface area contributed by atoms with Crippen LogP contribution < -0.4 is 0 Å². The van der Waals surface area contributed by atoms with E-state index in [1.165, 1.54) is 212 Å². The molecule has 9 heteroatoms. The van der Waals surface area contributed by atoms with Crippen molar-refractivity contribution >= 4 is 17.9 Å². The van der Waals surface area contributed by atoms with Crippen LogP contribution in [0.15, 0.2) is 36.5 Å². The van der Waals surface area contributed by atoms with E-state index in [1.54, 1.807) is 6.92 Å². The van der Waals surface area contributed by atoms with Gasteiger partial charge in [-0.2, -0.15) is 0 Å². The van der Waals surface area contributed by atoms with Crippen molar-refractivity contribution in [3.05, 3.63) is 36.5 Å². The van der Waals surface area contributed by atoms with E-state index in [9.17, 15) is 14.4 Å². The zero-order valence-corrected chi connectivity index (χ0v) is 44.5. The Bertz CT molecular complexity index is 944. The van der Waals surface area contributed by atoms with Gasteiger partial charge in [-0.15, -0.1) is 0 Å². The molecule has 0 bridgehead atoms. The molecule has 0 aromatic carbocycles. The highest BCUT2D eigenvalue weighted by Gasteiger charge is 2.14. The summed E-state index contributed by atoms with van der Waals surface area (Å²) in [5.41, 5.74) is 0. The summed E-state index contributed by atoms with van der Waals surface area (Å²) in [5.74, 6) is -4.44. The lowest BCUT2D eigenvalue weighted by Gasteiger charge is -2.10. The normalized spacial score (nSPS) is 11.3. The lowest BCUT2D eigenvalue weighted by molar-refractivity contribution is -0.314. The van der Waals surface area contributed by atoms with Crippen LogP contribution >= 0.6 is 0 Å². The summed E-state index contributed by atoms with van der Waals surface area (Å²) in [4.78, 5) is 31.0. The van der Waals surface area contributed by atoms with Crippen molar-refractivity contribution in [3.8, 4) is 0 Å². The first-order valence-corrected chi connectivity index (χ1v) is 28.1. The van der Waals surface area contributed by atoms with Gasteiger partial charge in [0.1, 0.15) is 0 Å². The molecular formula is C58H112O9. The third kappa shape index (κ3) is 87.1. The minimum Gasteiger partial charge on any atom is -0.481 e. The van der Waals surface area contributed by atoms with E-state index in [0.29, 0.717) is 25.7 Å². The minimum atomic E-state index is -2.45. The van der Waals surface area contributed by atoms with Crippen LogP contribution in [-0.4, -0.2) is 54.5 Å². The first-order chi connectivity index (χ1) is 32.4. The molecule has 0 radical (unpaired) electrons. The Morgan fingerprint density at radius 3 is 0.612 bits per heavy atom. The van der Waals surface area contributed by atoms with Crippen molar-refractivity contribution in [2.24, 2.45) is 0 Å². The molecule has 0 aromatic rings. The average molecular weight is 954 g/mol. The van der Waals surface area contributed by atoms with Gasteiger partial charge in [-0.3, -0.25) is 14.4 Å². The van der Waals surface area contributed by atoms with Gasteiger partial charge in [0.25, 0.3) is 5.97 Å². The van der Waals surface area contributed by atoms with Crippen molar-refractivity contribution < 1.29 is 45.0 Å². The Labute approximate surface area is 414 Å². The smallest absolute Gasteiger partial charge is 0.303 e. The SMILES string of the molecule is CCCC(O)(O)O.CCCCCCCCC=CCCCCCCCC(=O)O.CCCCCCCCC=CCCCCCCCC(=O)O.CCCCCCCCC=CCCCCCCCC(=O)O. The van der Waals surface area contributed by atoms with E-state index < -0.39 is 23.9 Å². The molecule has 0 aliphatic rings. The van der Waals surface area contributed by atoms with Crippen LogP contribution in [0, 0.1) is 0 Å². The highest BCUT2D eigenvalue weighted by molar-refractivity contribution is 5.67. The summed E-state index contributed by atoms with van der Waals surface area (Å²) in [6, 6.07) is 0. The Morgan fingerprint density at radius 2 is 0.463 bits per heavy atom. The maximum atomic E-state index is 10.3. The van der Waals surface area contributed by atoms with Crippen molar-refractivity contribution in [1.29, 1.82) is 0 Å². The molecule has 0 saturated carbocycles. The predicted octanol–water partition coefficient (Wildman–Crippen LogP) is 17.7. The van der Waals surface area contributed by atoms with Gasteiger partial charge < -0.3 is 30.6 Å². The molecule has 67 heavy (non-hydrogen) atoms. The Balaban J connectivity index is -0.000000414. The highest BCUT2D eigenvalue weighted by Crippen LogP contribution is 2.13. The standard InChI is InChI=1S/3C18H34O2.C4H10O3/c3*1-2-3-4-5-6-7-8-9-10-11-12-13-14-15-16-17-18(19)20;1-2-3-4(5,6)7/h3*9-10H,2-8,11-17H2,1H3,(H,19,20);5-7H,2-3H2,1H3. The second-order valence-corrected chi connectivity index (χ2v) is 18.7. The minimum absolute atomic E-state index is 0.00694. The van der Waals surface area contributed by atoms with Gasteiger partial charge in [-0.25, -0.2) is 0 Å². The number of unbranched alkanes of at least 4 members (excludes halogenated alkanes) is 33. The van der Waals surface area contributed by atoms with Gasteiger partial charge in [0, 0.05) is 25.7 Å². The molecular weight excluding hydrogens is 841 g/mol. The van der Waals surface area contributed by atoms with Crippen LogP contribution in [0.25, 0.3) is 0 Å². The van der Waals surface area contributed by atoms with Crippen molar-refractivity contribution in [3.63, 3.8) is 0 Å². The van der Waals surface area contributed by atoms with E-state index in [2.05, 4.69) is 57.2 Å². The summed E-state index contributed by atoms with van der Waals surface area (Å²) >= 11 is 0. The molecule has 0 unspecified atom stereocenters. The topological polar surface area (TPSA) is 173 Å². The van der Waals surface area contributed by atoms with Gasteiger partial charge in [-0.1, -0.05) is 218 Å². The zero-order chi connectivity index (χ0) is 50.6. The number of aliphatic carboxylic acids is 3. The average Bonchev–Trinajstić information content (AvgIpc) is 3.27. The monoisotopic (exact) mass is 953 g/mol. The van der Waals surface area contributed by atoms with Crippen molar-refractivity contribution in [2.45, 2.75) is 316 Å². The molecule has 0 atom stereocenters. The van der Waals surface area contributed by atoms with Gasteiger partial charge in [0.05, 0.1) is 0 Å². The lowest BCUT2D eigenvalue weighted by Crippen LogP contribution is -2.26. The molecule has 0 fully saturated rings. The summed E-state index contributed by atoms with van der Waals surface area (Å²) in [7, 11) is 0. The first-order valence-electron chi connectivity index (χ1n) is 28.1. The van der Waals surface area contributed by atoms with Crippen molar-refractivity contribution in [2.75, 3.05) is 0 Å². The first kappa shape index (κ1) is 71.1. The van der Waals surface area contributed by atoms with Gasteiger partial charge in [-0.05, 0) is 103 Å². The van der Waals surface area contributed by atoms with E-state index in [1.807, 2.05) is 0 Å².